The summed E-state index contributed by atoms with van der Waals surface area (Å²) < 4.78 is 26.6. The Morgan fingerprint density at radius 2 is 2.20 bits per heavy atom. The number of aromatic amines is 1. The fourth-order valence-corrected chi connectivity index (χ4v) is 3.80. The molecule has 0 fully saturated rings. The van der Waals surface area contributed by atoms with Crippen molar-refractivity contribution in [3.8, 4) is 0 Å². The highest BCUT2D eigenvalue weighted by Gasteiger charge is 2.24. The molecule has 2 heterocycles. The summed E-state index contributed by atoms with van der Waals surface area (Å²) in [6.45, 7) is 3.88. The molecule has 0 aliphatic heterocycles. The Labute approximate surface area is 119 Å². The number of hydrogen-bond acceptors (Lipinski definition) is 5. The summed E-state index contributed by atoms with van der Waals surface area (Å²) in [7, 11) is -3.96. The summed E-state index contributed by atoms with van der Waals surface area (Å²) in [6, 6.07) is 2.83. The van der Waals surface area contributed by atoms with E-state index in [1.807, 2.05) is 13.8 Å². The number of nitrogens with one attached hydrogen (secondary N) is 2. The molecule has 2 aromatic rings. The Bertz CT molecular complexity index is 730. The minimum absolute atomic E-state index is 0.135. The van der Waals surface area contributed by atoms with Crippen molar-refractivity contribution in [2.45, 2.75) is 24.7 Å². The molecule has 9 heteroatoms. The van der Waals surface area contributed by atoms with Crippen LogP contribution >= 0.6 is 11.3 Å². The van der Waals surface area contributed by atoms with Crippen LogP contribution in [0.4, 0.5) is 5.82 Å². The number of thiophene rings is 1. The maximum Gasteiger partial charge on any atom is 0.347 e. The predicted molar refractivity (Wildman–Crippen MR) is 74.8 cm³/mol. The summed E-state index contributed by atoms with van der Waals surface area (Å²) in [5.41, 5.74) is 0.784. The van der Waals surface area contributed by atoms with Crippen LogP contribution in [0.25, 0.3) is 0 Å². The summed E-state index contributed by atoms with van der Waals surface area (Å²) in [5.74, 6) is -0.960. The lowest BCUT2D eigenvalue weighted by Crippen LogP contribution is -2.15. The largest absolute Gasteiger partial charge is 0.477 e. The van der Waals surface area contributed by atoms with Crippen LogP contribution in [-0.4, -0.2) is 29.7 Å². The van der Waals surface area contributed by atoms with E-state index in [1.165, 1.54) is 11.4 Å². The first-order valence-electron chi connectivity index (χ1n) is 5.70. The molecule has 0 atom stereocenters. The lowest BCUT2D eigenvalue weighted by Gasteiger charge is -2.04. The van der Waals surface area contributed by atoms with Crippen molar-refractivity contribution in [3.63, 3.8) is 0 Å². The van der Waals surface area contributed by atoms with Crippen molar-refractivity contribution in [2.75, 3.05) is 4.72 Å². The second-order valence-electron chi connectivity index (χ2n) is 4.39. The molecule has 20 heavy (non-hydrogen) atoms. The van der Waals surface area contributed by atoms with Gasteiger partial charge >= 0.3 is 5.97 Å². The number of anilines is 1. The lowest BCUT2D eigenvalue weighted by molar-refractivity contribution is 0.0698. The first-order valence-corrected chi connectivity index (χ1v) is 8.06. The molecular weight excluding hydrogens is 302 g/mol. The monoisotopic (exact) mass is 315 g/mol. The Balaban J connectivity index is 2.31. The third-order valence-electron chi connectivity index (χ3n) is 2.57. The average molecular weight is 315 g/mol. The lowest BCUT2D eigenvalue weighted by atomic mass is 10.1. The zero-order valence-electron chi connectivity index (χ0n) is 10.7. The van der Waals surface area contributed by atoms with Crippen LogP contribution in [0, 0.1) is 0 Å². The number of hydrogen-bond donors (Lipinski definition) is 3. The third-order valence-corrected chi connectivity index (χ3v) is 5.00. The summed E-state index contributed by atoms with van der Waals surface area (Å²) in [4.78, 5) is 10.5. The van der Waals surface area contributed by atoms with Gasteiger partial charge in [-0.3, -0.25) is 9.82 Å². The molecule has 0 unspecified atom stereocenters. The normalized spacial score (nSPS) is 11.8. The van der Waals surface area contributed by atoms with Crippen molar-refractivity contribution >= 4 is 33.1 Å². The second-order valence-corrected chi connectivity index (χ2v) is 6.95. The van der Waals surface area contributed by atoms with Crippen LogP contribution < -0.4 is 4.72 Å². The van der Waals surface area contributed by atoms with Gasteiger partial charge in [0.1, 0.15) is 9.77 Å². The highest BCUT2D eigenvalue weighted by Crippen LogP contribution is 2.24. The van der Waals surface area contributed by atoms with Gasteiger partial charge in [-0.1, -0.05) is 13.8 Å². The van der Waals surface area contributed by atoms with Gasteiger partial charge in [0, 0.05) is 11.8 Å². The number of carboxylic acids is 1. The van der Waals surface area contributed by atoms with Gasteiger partial charge in [0.2, 0.25) is 0 Å². The molecule has 0 saturated carbocycles. The molecule has 0 aliphatic rings. The standard InChI is InChI=1S/C11H13N3O4S2/c1-6(2)7-5-9(13-12-7)14-20(17,18)8-3-4-19-10(8)11(15)16/h3-6H,1-2H3,(H,15,16)(H2,12,13,14). The summed E-state index contributed by atoms with van der Waals surface area (Å²) in [6.07, 6.45) is 0. The number of aromatic carboxylic acids is 1. The van der Waals surface area contributed by atoms with Crippen LogP contribution in [-0.2, 0) is 10.0 Å². The van der Waals surface area contributed by atoms with Crippen LogP contribution in [0.15, 0.2) is 22.4 Å². The number of aromatic nitrogens is 2. The van der Waals surface area contributed by atoms with Crippen molar-refractivity contribution < 1.29 is 18.3 Å². The van der Waals surface area contributed by atoms with Crippen LogP contribution in [0.3, 0.4) is 0 Å². The van der Waals surface area contributed by atoms with Gasteiger partial charge in [-0.25, -0.2) is 13.2 Å². The molecule has 0 radical (unpaired) electrons. The quantitative estimate of drug-likeness (QED) is 0.782. The van der Waals surface area contributed by atoms with E-state index in [0.29, 0.717) is 0 Å². The summed E-state index contributed by atoms with van der Waals surface area (Å²) in [5, 5.41) is 16.9. The molecule has 108 valence electrons. The Hall–Kier alpha value is -1.87. The average Bonchev–Trinajstić information content (AvgIpc) is 2.95. The fraction of sp³-hybridized carbons (Fsp3) is 0.273. The maximum absolute atomic E-state index is 12.1. The van der Waals surface area contributed by atoms with E-state index < -0.39 is 16.0 Å². The van der Waals surface area contributed by atoms with Crippen LogP contribution in [0.2, 0.25) is 0 Å². The summed E-state index contributed by atoms with van der Waals surface area (Å²) >= 11 is 0.858. The molecular formula is C11H13N3O4S2. The van der Waals surface area contributed by atoms with Crippen LogP contribution in [0.1, 0.15) is 35.1 Å². The number of rotatable bonds is 5. The van der Waals surface area contributed by atoms with Gasteiger partial charge in [-0.2, -0.15) is 5.10 Å². The first kappa shape index (κ1) is 14.5. The van der Waals surface area contributed by atoms with E-state index in [4.69, 9.17) is 5.11 Å². The van der Waals surface area contributed by atoms with Gasteiger partial charge in [0.15, 0.2) is 5.82 Å². The number of nitrogens with zero attached hydrogens (tertiary/aromatic N) is 1. The maximum atomic E-state index is 12.1. The van der Waals surface area contributed by atoms with Gasteiger partial charge < -0.3 is 5.11 Å². The van der Waals surface area contributed by atoms with Crippen molar-refractivity contribution in [2.24, 2.45) is 0 Å². The molecule has 0 spiro atoms. The molecule has 7 nitrogen and oxygen atoms in total. The number of H-pyrrole nitrogens is 1. The minimum Gasteiger partial charge on any atom is -0.477 e. The van der Waals surface area contributed by atoms with E-state index in [0.717, 1.165) is 17.0 Å². The number of carbonyl (C=O) groups is 1. The molecule has 2 aromatic heterocycles. The fourth-order valence-electron chi connectivity index (χ4n) is 1.54. The Morgan fingerprint density at radius 1 is 1.50 bits per heavy atom. The van der Waals surface area contributed by atoms with Gasteiger partial charge in [-0.15, -0.1) is 11.3 Å². The zero-order chi connectivity index (χ0) is 14.9. The molecule has 2 rings (SSSR count). The molecule has 0 aliphatic carbocycles. The number of sulfonamides is 1. The highest BCUT2D eigenvalue weighted by molar-refractivity contribution is 7.93. The van der Waals surface area contributed by atoms with E-state index in [2.05, 4.69) is 14.9 Å². The van der Waals surface area contributed by atoms with Crippen molar-refractivity contribution in [1.29, 1.82) is 0 Å². The first-order chi connectivity index (χ1) is 9.31. The van der Waals surface area contributed by atoms with Crippen molar-refractivity contribution in [3.05, 3.63) is 28.1 Å². The molecule has 0 amide bonds. The third kappa shape index (κ3) is 2.83. The molecule has 0 aromatic carbocycles. The molecule has 0 saturated heterocycles. The van der Waals surface area contributed by atoms with E-state index in [9.17, 15) is 13.2 Å². The topological polar surface area (TPSA) is 112 Å². The smallest absolute Gasteiger partial charge is 0.347 e. The SMILES string of the molecule is CC(C)c1cc(NS(=O)(=O)c2ccsc2C(=O)O)n[nH]1. The van der Waals surface area contributed by atoms with E-state index in [1.54, 1.807) is 6.07 Å². The van der Waals surface area contributed by atoms with Crippen LogP contribution in [0.5, 0.6) is 0 Å². The van der Waals surface area contributed by atoms with Crippen molar-refractivity contribution in [1.82, 2.24) is 10.2 Å². The minimum atomic E-state index is -3.96. The van der Waals surface area contributed by atoms with E-state index >= 15 is 0 Å². The highest BCUT2D eigenvalue weighted by atomic mass is 32.2. The van der Waals surface area contributed by atoms with E-state index in [-0.39, 0.29) is 21.5 Å². The predicted octanol–water partition coefficient (Wildman–Crippen LogP) is 2.09. The molecule has 3 N–H and O–H groups in total. The zero-order valence-corrected chi connectivity index (χ0v) is 12.4. The van der Waals surface area contributed by atoms with Gasteiger partial charge in [0.25, 0.3) is 10.0 Å². The molecule has 0 bridgehead atoms. The number of carboxylic acid groups (broad SMARTS) is 1. The Morgan fingerprint density at radius 3 is 2.75 bits per heavy atom. The Kier molecular flexibility index (Phi) is 3.82. The second kappa shape index (κ2) is 5.25. The van der Waals surface area contributed by atoms with Gasteiger partial charge in [-0.05, 0) is 17.4 Å². The van der Waals surface area contributed by atoms with Gasteiger partial charge in [0.05, 0.1) is 0 Å².